The first-order valence-corrected chi connectivity index (χ1v) is 10.8. The minimum Gasteiger partial charge on any atom is -0.454 e. The normalized spacial score (nSPS) is 32.6. The Kier molecular flexibility index (Phi) is 3.56. The van der Waals surface area contributed by atoms with E-state index in [0.29, 0.717) is 22.9 Å². The Balaban J connectivity index is 1.21. The highest BCUT2D eigenvalue weighted by atomic mass is 16.7. The summed E-state index contributed by atoms with van der Waals surface area (Å²) >= 11 is 0. The van der Waals surface area contributed by atoms with Gasteiger partial charge in [0.2, 0.25) is 18.6 Å². The molecule has 2 amide bonds. The van der Waals surface area contributed by atoms with Gasteiger partial charge in [-0.1, -0.05) is 5.16 Å². The van der Waals surface area contributed by atoms with Crippen LogP contribution in [-0.4, -0.2) is 35.3 Å². The molecule has 166 valence electrons. The van der Waals surface area contributed by atoms with Gasteiger partial charge in [-0.15, -0.1) is 0 Å². The van der Waals surface area contributed by atoms with Crippen molar-refractivity contribution in [2.24, 2.45) is 34.7 Å². The van der Waals surface area contributed by atoms with Crippen molar-refractivity contribution < 1.29 is 28.8 Å². The Hall–Kier alpha value is -3.95. The molecular formula is C23H17N3O7. The van der Waals surface area contributed by atoms with Crippen molar-refractivity contribution in [1.29, 1.82) is 0 Å². The summed E-state index contributed by atoms with van der Waals surface area (Å²) in [6, 6.07) is 11.3. The van der Waals surface area contributed by atoms with Crippen LogP contribution in [0.5, 0.6) is 11.5 Å². The molecule has 3 aliphatic heterocycles. The summed E-state index contributed by atoms with van der Waals surface area (Å²) in [5.74, 6) is -0.458. The molecule has 2 saturated carbocycles. The average Bonchev–Trinajstić information content (AvgIpc) is 3.61. The number of oxime groups is 1. The van der Waals surface area contributed by atoms with Crippen LogP contribution in [0.4, 0.5) is 11.4 Å². The summed E-state index contributed by atoms with van der Waals surface area (Å²) in [6.45, 7) is 0.113. The lowest BCUT2D eigenvalue weighted by atomic mass is 9.71. The number of imide groups is 1. The fourth-order valence-corrected chi connectivity index (χ4v) is 6.40. The summed E-state index contributed by atoms with van der Waals surface area (Å²) in [5, 5.41) is 15.3. The molecule has 0 N–H and O–H groups in total. The smallest absolute Gasteiger partial charge is 0.269 e. The Labute approximate surface area is 186 Å². The van der Waals surface area contributed by atoms with Crippen molar-refractivity contribution in [3.63, 3.8) is 0 Å². The maximum Gasteiger partial charge on any atom is 0.269 e. The maximum absolute atomic E-state index is 13.5. The number of ether oxygens (including phenoxy) is 2. The van der Waals surface area contributed by atoms with Gasteiger partial charge in [0.15, 0.2) is 11.5 Å². The summed E-state index contributed by atoms with van der Waals surface area (Å²) in [4.78, 5) is 44.5. The lowest BCUT2D eigenvalue weighted by Crippen LogP contribution is -2.41. The van der Waals surface area contributed by atoms with Crippen molar-refractivity contribution in [3.05, 3.63) is 58.1 Å². The van der Waals surface area contributed by atoms with Gasteiger partial charge in [0.1, 0.15) is 6.10 Å². The second-order valence-corrected chi connectivity index (χ2v) is 9.04. The average molecular weight is 447 g/mol. The van der Waals surface area contributed by atoms with Crippen molar-refractivity contribution in [3.8, 4) is 11.5 Å². The first-order chi connectivity index (χ1) is 16.0. The van der Waals surface area contributed by atoms with Gasteiger partial charge in [-0.05, 0) is 36.6 Å². The number of nitro groups is 1. The Morgan fingerprint density at radius 1 is 0.939 bits per heavy atom. The third-order valence-corrected chi connectivity index (χ3v) is 7.68. The number of amides is 2. The van der Waals surface area contributed by atoms with E-state index in [4.69, 9.17) is 14.3 Å². The van der Waals surface area contributed by atoms with E-state index in [2.05, 4.69) is 5.16 Å². The number of carbonyl (C=O) groups is 2. The SMILES string of the molecule is O=C1[C@@H]2[C@@H]3C[C@@H]([C@H]4ON=C(c5ccc([N+](=O)[O-])cc5)[C@@H]34)[C@@H]2C(=O)N1c1ccc2c(c1)OCO2. The molecule has 1 saturated heterocycles. The Morgan fingerprint density at radius 2 is 1.67 bits per heavy atom. The highest BCUT2D eigenvalue weighted by Gasteiger charge is 2.70. The van der Waals surface area contributed by atoms with Crippen LogP contribution in [0.2, 0.25) is 0 Å². The standard InChI is InChI=1S/C23H17N3O7/c27-22-17-13-8-14(18(17)23(28)25(22)12-5-6-15-16(7-12)32-9-31-15)21-19(13)20(24-33-21)10-1-3-11(4-2-10)26(29)30/h1-7,13-14,17-19,21H,8-9H2/t13-,14+,17+,18-,19+,21+/m0/s1. The second-order valence-electron chi connectivity index (χ2n) is 9.04. The van der Waals surface area contributed by atoms with Gasteiger partial charge in [-0.25, -0.2) is 4.90 Å². The van der Waals surface area contributed by atoms with Crippen LogP contribution >= 0.6 is 0 Å². The molecule has 7 rings (SSSR count). The molecule has 3 heterocycles. The van der Waals surface area contributed by atoms with Gasteiger partial charge in [0.25, 0.3) is 5.69 Å². The first kappa shape index (κ1) is 18.6. The highest BCUT2D eigenvalue weighted by molar-refractivity contribution is 6.23. The molecule has 0 aromatic heterocycles. The highest BCUT2D eigenvalue weighted by Crippen LogP contribution is 2.62. The van der Waals surface area contributed by atoms with E-state index in [-0.39, 0.29) is 48.2 Å². The zero-order valence-electron chi connectivity index (χ0n) is 17.1. The molecule has 33 heavy (non-hydrogen) atoms. The minimum absolute atomic E-state index is 0.00115. The zero-order chi connectivity index (χ0) is 22.4. The third kappa shape index (κ3) is 2.35. The first-order valence-electron chi connectivity index (χ1n) is 10.8. The van der Waals surface area contributed by atoms with Crippen LogP contribution in [0.15, 0.2) is 47.6 Å². The molecule has 2 aromatic rings. The monoisotopic (exact) mass is 447 g/mol. The van der Waals surface area contributed by atoms with Crippen LogP contribution in [0.1, 0.15) is 12.0 Å². The number of nitro benzene ring substituents is 1. The molecule has 0 unspecified atom stereocenters. The number of hydrogen-bond acceptors (Lipinski definition) is 8. The molecule has 10 nitrogen and oxygen atoms in total. The number of non-ortho nitro benzene ring substituents is 1. The van der Waals surface area contributed by atoms with E-state index in [1.807, 2.05) is 0 Å². The van der Waals surface area contributed by atoms with Gasteiger partial charge < -0.3 is 14.3 Å². The fourth-order valence-electron chi connectivity index (χ4n) is 6.40. The summed E-state index contributed by atoms with van der Waals surface area (Å²) < 4.78 is 10.8. The number of fused-ring (bicyclic) bond motifs is 9. The molecule has 2 aromatic carbocycles. The topological polar surface area (TPSA) is 121 Å². The maximum atomic E-state index is 13.5. The van der Waals surface area contributed by atoms with Gasteiger partial charge in [0, 0.05) is 35.6 Å². The molecule has 0 spiro atoms. The number of hydrogen-bond donors (Lipinski definition) is 0. The van der Waals surface area contributed by atoms with Gasteiger partial charge in [0.05, 0.1) is 28.2 Å². The van der Waals surface area contributed by atoms with Crippen molar-refractivity contribution >= 4 is 28.9 Å². The van der Waals surface area contributed by atoms with E-state index in [9.17, 15) is 19.7 Å². The van der Waals surface area contributed by atoms with Gasteiger partial charge >= 0.3 is 0 Å². The van der Waals surface area contributed by atoms with E-state index >= 15 is 0 Å². The third-order valence-electron chi connectivity index (χ3n) is 7.68. The number of benzene rings is 2. The molecule has 0 radical (unpaired) electrons. The summed E-state index contributed by atoms with van der Waals surface area (Å²) in [7, 11) is 0. The largest absolute Gasteiger partial charge is 0.454 e. The number of rotatable bonds is 3. The Bertz CT molecular complexity index is 1270. The minimum atomic E-state index is -0.449. The van der Waals surface area contributed by atoms with Crippen molar-refractivity contribution in [1.82, 2.24) is 0 Å². The van der Waals surface area contributed by atoms with E-state index in [1.165, 1.54) is 17.0 Å². The van der Waals surface area contributed by atoms with Crippen LogP contribution < -0.4 is 14.4 Å². The molecule has 2 bridgehead atoms. The van der Waals surface area contributed by atoms with Crippen LogP contribution in [-0.2, 0) is 14.4 Å². The summed E-state index contributed by atoms with van der Waals surface area (Å²) in [5.41, 5.74) is 1.92. The molecule has 2 aliphatic carbocycles. The lowest BCUT2D eigenvalue weighted by Gasteiger charge is -2.29. The van der Waals surface area contributed by atoms with E-state index in [1.54, 1.807) is 30.3 Å². The Morgan fingerprint density at radius 3 is 2.42 bits per heavy atom. The van der Waals surface area contributed by atoms with Crippen molar-refractivity contribution in [2.45, 2.75) is 12.5 Å². The van der Waals surface area contributed by atoms with Crippen LogP contribution in [0, 0.1) is 39.7 Å². The number of nitrogens with zero attached hydrogens (tertiary/aromatic N) is 3. The molecule has 6 atom stereocenters. The van der Waals surface area contributed by atoms with Crippen molar-refractivity contribution in [2.75, 3.05) is 11.7 Å². The lowest BCUT2D eigenvalue weighted by molar-refractivity contribution is -0.384. The number of carbonyl (C=O) groups excluding carboxylic acids is 2. The quantitative estimate of drug-likeness (QED) is 0.403. The van der Waals surface area contributed by atoms with E-state index < -0.39 is 16.8 Å². The predicted octanol–water partition coefficient (Wildman–Crippen LogP) is 2.50. The predicted molar refractivity (Wildman–Crippen MR) is 112 cm³/mol. The number of anilines is 1. The van der Waals surface area contributed by atoms with Gasteiger partial charge in [-0.3, -0.25) is 19.7 Å². The van der Waals surface area contributed by atoms with Gasteiger partial charge in [-0.2, -0.15) is 0 Å². The fraction of sp³-hybridized carbons (Fsp3) is 0.348. The summed E-state index contributed by atoms with van der Waals surface area (Å²) in [6.07, 6.45) is 0.457. The molecular weight excluding hydrogens is 430 g/mol. The van der Waals surface area contributed by atoms with E-state index in [0.717, 1.165) is 12.0 Å². The molecule has 3 fully saturated rings. The van der Waals surface area contributed by atoms with Crippen LogP contribution in [0.3, 0.4) is 0 Å². The zero-order valence-corrected chi connectivity index (χ0v) is 17.1. The second kappa shape index (κ2) is 6.31. The molecule has 5 aliphatic rings. The molecule has 10 heteroatoms. The van der Waals surface area contributed by atoms with Crippen LogP contribution in [0.25, 0.3) is 0 Å².